The molecule has 0 saturated heterocycles. The molecule has 0 bridgehead atoms. The van der Waals surface area contributed by atoms with Gasteiger partial charge in [0.2, 0.25) is 5.91 Å². The van der Waals surface area contributed by atoms with Gasteiger partial charge in [-0.2, -0.15) is 0 Å². The third-order valence-corrected chi connectivity index (χ3v) is 3.35. The SMILES string of the molecule is CCC(C)(C)NC(=O)CCCNc1ccc([N+](=O)[O-])cc1. The van der Waals surface area contributed by atoms with E-state index in [0.29, 0.717) is 19.4 Å². The Morgan fingerprint density at radius 2 is 1.90 bits per heavy atom. The number of nitrogens with one attached hydrogen (secondary N) is 2. The van der Waals surface area contributed by atoms with Crippen LogP contribution in [0.4, 0.5) is 11.4 Å². The van der Waals surface area contributed by atoms with Gasteiger partial charge in [-0.15, -0.1) is 0 Å². The molecule has 2 N–H and O–H groups in total. The number of hydrogen-bond acceptors (Lipinski definition) is 4. The minimum Gasteiger partial charge on any atom is -0.385 e. The third kappa shape index (κ3) is 6.25. The van der Waals surface area contributed by atoms with Gasteiger partial charge in [-0.25, -0.2) is 0 Å². The lowest BCUT2D eigenvalue weighted by Gasteiger charge is -2.24. The first-order valence-corrected chi connectivity index (χ1v) is 7.13. The number of nitrogens with zero attached hydrogens (tertiary/aromatic N) is 1. The number of carbonyl (C=O) groups is 1. The van der Waals surface area contributed by atoms with Gasteiger partial charge in [-0.05, 0) is 38.8 Å². The summed E-state index contributed by atoms with van der Waals surface area (Å²) in [6.45, 7) is 6.69. The fourth-order valence-corrected chi connectivity index (χ4v) is 1.71. The van der Waals surface area contributed by atoms with Crippen molar-refractivity contribution in [3.8, 4) is 0 Å². The van der Waals surface area contributed by atoms with Crippen molar-refractivity contribution in [2.75, 3.05) is 11.9 Å². The van der Waals surface area contributed by atoms with Crippen molar-refractivity contribution in [1.29, 1.82) is 0 Å². The molecule has 0 radical (unpaired) electrons. The summed E-state index contributed by atoms with van der Waals surface area (Å²) in [5.41, 5.74) is 0.722. The summed E-state index contributed by atoms with van der Waals surface area (Å²) < 4.78 is 0. The maximum absolute atomic E-state index is 11.7. The highest BCUT2D eigenvalue weighted by Crippen LogP contribution is 2.15. The van der Waals surface area contributed by atoms with Gasteiger partial charge in [-0.3, -0.25) is 14.9 Å². The Balaban J connectivity index is 2.28. The van der Waals surface area contributed by atoms with E-state index < -0.39 is 4.92 Å². The van der Waals surface area contributed by atoms with Gasteiger partial charge >= 0.3 is 0 Å². The average molecular weight is 293 g/mol. The van der Waals surface area contributed by atoms with Gasteiger partial charge in [0.15, 0.2) is 0 Å². The Morgan fingerprint density at radius 3 is 2.43 bits per heavy atom. The van der Waals surface area contributed by atoms with Crippen molar-refractivity contribution >= 4 is 17.3 Å². The van der Waals surface area contributed by atoms with Crippen LogP contribution in [0.15, 0.2) is 24.3 Å². The second-order valence-electron chi connectivity index (χ2n) is 5.62. The predicted octanol–water partition coefficient (Wildman–Crippen LogP) is 3.09. The van der Waals surface area contributed by atoms with Gasteiger partial charge < -0.3 is 10.6 Å². The van der Waals surface area contributed by atoms with Crippen molar-refractivity contribution in [3.63, 3.8) is 0 Å². The summed E-state index contributed by atoms with van der Waals surface area (Å²) in [5.74, 6) is 0.0485. The van der Waals surface area contributed by atoms with Crippen molar-refractivity contribution in [2.45, 2.75) is 45.6 Å². The molecule has 6 heteroatoms. The van der Waals surface area contributed by atoms with E-state index in [-0.39, 0.29) is 17.1 Å². The summed E-state index contributed by atoms with van der Waals surface area (Å²) in [6, 6.07) is 6.24. The fourth-order valence-electron chi connectivity index (χ4n) is 1.71. The zero-order valence-electron chi connectivity index (χ0n) is 12.8. The lowest BCUT2D eigenvalue weighted by Crippen LogP contribution is -2.42. The van der Waals surface area contributed by atoms with E-state index in [2.05, 4.69) is 10.6 Å². The second kappa shape index (κ2) is 7.61. The smallest absolute Gasteiger partial charge is 0.269 e. The number of non-ortho nitro benzene ring substituents is 1. The Hall–Kier alpha value is -2.11. The monoisotopic (exact) mass is 293 g/mol. The Kier molecular flexibility index (Phi) is 6.14. The number of benzene rings is 1. The average Bonchev–Trinajstić information content (AvgIpc) is 2.43. The van der Waals surface area contributed by atoms with Crippen LogP contribution in [0, 0.1) is 10.1 Å². The quantitative estimate of drug-likeness (QED) is 0.438. The first kappa shape index (κ1) is 16.9. The molecule has 0 saturated carbocycles. The molecule has 0 fully saturated rings. The normalized spacial score (nSPS) is 11.0. The van der Waals surface area contributed by atoms with E-state index in [1.165, 1.54) is 12.1 Å². The van der Waals surface area contributed by atoms with Gasteiger partial charge in [0.25, 0.3) is 5.69 Å². The summed E-state index contributed by atoms with van der Waals surface area (Å²) in [5, 5.41) is 16.7. The molecule has 1 rings (SSSR count). The second-order valence-corrected chi connectivity index (χ2v) is 5.62. The first-order valence-electron chi connectivity index (χ1n) is 7.13. The van der Waals surface area contributed by atoms with Crippen molar-refractivity contribution < 1.29 is 9.72 Å². The molecular formula is C15H23N3O3. The molecule has 0 spiro atoms. The number of hydrogen-bond donors (Lipinski definition) is 2. The van der Waals surface area contributed by atoms with Crippen LogP contribution in [0.5, 0.6) is 0 Å². The highest BCUT2D eigenvalue weighted by Gasteiger charge is 2.16. The van der Waals surface area contributed by atoms with Crippen molar-refractivity contribution in [3.05, 3.63) is 34.4 Å². The number of carbonyl (C=O) groups excluding carboxylic acids is 1. The molecule has 0 aromatic heterocycles. The van der Waals surface area contributed by atoms with E-state index in [0.717, 1.165) is 12.1 Å². The molecule has 0 aliphatic heterocycles. The summed E-state index contributed by atoms with van der Waals surface area (Å²) in [4.78, 5) is 21.8. The van der Waals surface area contributed by atoms with Gasteiger partial charge in [0.1, 0.15) is 0 Å². The molecule has 1 aromatic carbocycles. The van der Waals surface area contributed by atoms with Crippen LogP contribution in [0.2, 0.25) is 0 Å². The van der Waals surface area contributed by atoms with Crippen LogP contribution in [0.25, 0.3) is 0 Å². The van der Waals surface area contributed by atoms with Gasteiger partial charge in [-0.1, -0.05) is 6.92 Å². The van der Waals surface area contributed by atoms with Crippen LogP contribution >= 0.6 is 0 Å². The zero-order valence-corrected chi connectivity index (χ0v) is 12.8. The molecule has 0 heterocycles. The highest BCUT2D eigenvalue weighted by molar-refractivity contribution is 5.76. The van der Waals surface area contributed by atoms with E-state index >= 15 is 0 Å². The third-order valence-electron chi connectivity index (χ3n) is 3.35. The first-order chi connectivity index (χ1) is 9.84. The number of amides is 1. The molecule has 1 amide bonds. The highest BCUT2D eigenvalue weighted by atomic mass is 16.6. The zero-order chi connectivity index (χ0) is 15.9. The molecule has 0 atom stereocenters. The Bertz CT molecular complexity index is 483. The number of nitro groups is 1. The van der Waals surface area contributed by atoms with Crippen LogP contribution < -0.4 is 10.6 Å². The summed E-state index contributed by atoms with van der Waals surface area (Å²) in [6.07, 6.45) is 2.06. The van der Waals surface area contributed by atoms with Crippen molar-refractivity contribution in [1.82, 2.24) is 5.32 Å². The molecular weight excluding hydrogens is 270 g/mol. The standard InChI is InChI=1S/C15H23N3O3/c1-4-15(2,3)17-14(19)6-5-11-16-12-7-9-13(10-8-12)18(20)21/h7-10,16H,4-6,11H2,1-3H3,(H,17,19). The molecule has 1 aromatic rings. The van der Waals surface area contributed by atoms with Crippen molar-refractivity contribution in [2.24, 2.45) is 0 Å². The largest absolute Gasteiger partial charge is 0.385 e. The van der Waals surface area contributed by atoms with Crippen LogP contribution in [0.3, 0.4) is 0 Å². The molecule has 0 unspecified atom stereocenters. The van der Waals surface area contributed by atoms with E-state index in [4.69, 9.17) is 0 Å². The minimum absolute atomic E-state index is 0.0485. The van der Waals surface area contributed by atoms with Crippen LogP contribution in [0.1, 0.15) is 40.0 Å². The molecule has 6 nitrogen and oxygen atoms in total. The number of anilines is 1. The minimum atomic E-state index is -0.427. The summed E-state index contributed by atoms with van der Waals surface area (Å²) >= 11 is 0. The molecule has 21 heavy (non-hydrogen) atoms. The van der Waals surface area contributed by atoms with Crippen LogP contribution in [-0.2, 0) is 4.79 Å². The Labute approximate surface area is 125 Å². The fraction of sp³-hybridized carbons (Fsp3) is 0.533. The van der Waals surface area contributed by atoms with Crippen LogP contribution in [-0.4, -0.2) is 22.9 Å². The lowest BCUT2D eigenvalue weighted by molar-refractivity contribution is -0.384. The van der Waals surface area contributed by atoms with E-state index in [1.54, 1.807) is 12.1 Å². The predicted molar refractivity (Wildman–Crippen MR) is 83.3 cm³/mol. The lowest BCUT2D eigenvalue weighted by atomic mass is 10.0. The van der Waals surface area contributed by atoms with Gasteiger partial charge in [0.05, 0.1) is 4.92 Å². The maximum atomic E-state index is 11.7. The Morgan fingerprint density at radius 1 is 1.29 bits per heavy atom. The summed E-state index contributed by atoms with van der Waals surface area (Å²) in [7, 11) is 0. The molecule has 116 valence electrons. The van der Waals surface area contributed by atoms with E-state index in [1.807, 2.05) is 20.8 Å². The van der Waals surface area contributed by atoms with Gasteiger partial charge in [0, 0.05) is 36.3 Å². The number of nitro benzene ring substituents is 1. The maximum Gasteiger partial charge on any atom is 0.269 e. The topological polar surface area (TPSA) is 84.3 Å². The van der Waals surface area contributed by atoms with E-state index in [9.17, 15) is 14.9 Å². The molecule has 0 aliphatic carbocycles. The molecule has 0 aliphatic rings. The number of rotatable bonds is 8.